The first-order valence-electron chi connectivity index (χ1n) is 6.04. The number of hydrogen-bond donors (Lipinski definition) is 1. The van der Waals surface area contributed by atoms with E-state index in [1.165, 1.54) is 12.1 Å². The van der Waals surface area contributed by atoms with Crippen molar-refractivity contribution >= 4 is 16.9 Å². The lowest BCUT2D eigenvalue weighted by Gasteiger charge is -2.09. The Hall–Kier alpha value is -1.84. The monoisotopic (exact) mass is 249 g/mol. The molecule has 0 aliphatic heterocycles. The van der Waals surface area contributed by atoms with Gasteiger partial charge in [-0.2, -0.15) is 0 Å². The molecule has 0 amide bonds. The number of nitrogens with one attached hydrogen (secondary N) is 1. The van der Waals surface area contributed by atoms with Crippen molar-refractivity contribution in [3.05, 3.63) is 35.8 Å². The van der Waals surface area contributed by atoms with Gasteiger partial charge in [-0.3, -0.25) is 4.79 Å². The highest BCUT2D eigenvalue weighted by molar-refractivity contribution is 5.84. The molecular weight excluding hydrogens is 233 g/mol. The maximum atomic E-state index is 13.2. The van der Waals surface area contributed by atoms with Crippen molar-refractivity contribution in [2.45, 2.75) is 26.2 Å². The van der Waals surface area contributed by atoms with Crippen LogP contribution in [0.4, 0.5) is 4.39 Å². The highest BCUT2D eigenvalue weighted by atomic mass is 19.1. The standard InChI is InChI=1S/C14H16FNO2/c1-3-18-14(17)6-9(2)12-8-16-13-5-4-10(15)7-11(12)13/h4-5,7-9,16H,3,6H2,1-2H3/t9-/m0/s1. The normalized spacial score (nSPS) is 12.6. The molecule has 1 aromatic heterocycles. The van der Waals surface area contributed by atoms with Crippen LogP contribution in [0.5, 0.6) is 0 Å². The fraction of sp³-hybridized carbons (Fsp3) is 0.357. The molecule has 0 aliphatic rings. The lowest BCUT2D eigenvalue weighted by atomic mass is 9.97. The van der Waals surface area contributed by atoms with Crippen molar-refractivity contribution in [3.63, 3.8) is 0 Å². The van der Waals surface area contributed by atoms with Gasteiger partial charge in [0.1, 0.15) is 5.82 Å². The number of carbonyl (C=O) groups excluding carboxylic acids is 1. The molecule has 1 aromatic carbocycles. The predicted octanol–water partition coefficient (Wildman–Crippen LogP) is 3.36. The molecule has 4 heteroatoms. The molecule has 0 spiro atoms. The maximum Gasteiger partial charge on any atom is 0.306 e. The average Bonchev–Trinajstić information content (AvgIpc) is 2.71. The van der Waals surface area contributed by atoms with Crippen molar-refractivity contribution < 1.29 is 13.9 Å². The van der Waals surface area contributed by atoms with E-state index in [2.05, 4.69) is 4.98 Å². The van der Waals surface area contributed by atoms with Crippen LogP contribution in [0, 0.1) is 5.82 Å². The molecule has 3 nitrogen and oxygen atoms in total. The third-order valence-corrected chi connectivity index (χ3v) is 2.98. The molecule has 0 bridgehead atoms. The molecule has 1 atom stereocenters. The van der Waals surface area contributed by atoms with Gasteiger partial charge in [0.15, 0.2) is 0 Å². The van der Waals surface area contributed by atoms with Crippen LogP contribution in [0.3, 0.4) is 0 Å². The number of H-pyrrole nitrogens is 1. The molecule has 96 valence electrons. The van der Waals surface area contributed by atoms with E-state index in [0.717, 1.165) is 16.5 Å². The van der Waals surface area contributed by atoms with Gasteiger partial charge in [0.05, 0.1) is 13.0 Å². The Labute approximate surface area is 105 Å². The number of carbonyl (C=O) groups is 1. The number of hydrogen-bond acceptors (Lipinski definition) is 2. The van der Waals surface area contributed by atoms with Crippen LogP contribution in [0.15, 0.2) is 24.4 Å². The SMILES string of the molecule is CCOC(=O)C[C@H](C)c1c[nH]c2ccc(F)cc12. The number of halogens is 1. The molecule has 0 aliphatic carbocycles. The third kappa shape index (κ3) is 2.53. The van der Waals surface area contributed by atoms with E-state index in [0.29, 0.717) is 13.0 Å². The molecule has 18 heavy (non-hydrogen) atoms. The first kappa shape index (κ1) is 12.6. The second-order valence-electron chi connectivity index (χ2n) is 4.34. The summed E-state index contributed by atoms with van der Waals surface area (Å²) in [6.07, 6.45) is 2.13. The van der Waals surface area contributed by atoms with Gasteiger partial charge >= 0.3 is 5.97 Å². The summed E-state index contributed by atoms with van der Waals surface area (Å²) in [4.78, 5) is 14.5. The van der Waals surface area contributed by atoms with Crippen LogP contribution in [-0.2, 0) is 9.53 Å². The highest BCUT2D eigenvalue weighted by Crippen LogP contribution is 2.28. The quantitative estimate of drug-likeness (QED) is 0.844. The number of ether oxygens (including phenoxy) is 1. The topological polar surface area (TPSA) is 42.1 Å². The zero-order valence-electron chi connectivity index (χ0n) is 10.5. The predicted molar refractivity (Wildman–Crippen MR) is 67.9 cm³/mol. The molecule has 0 saturated heterocycles. The molecule has 0 fully saturated rings. The van der Waals surface area contributed by atoms with Crippen LogP contribution in [0.25, 0.3) is 10.9 Å². The largest absolute Gasteiger partial charge is 0.466 e. The van der Waals surface area contributed by atoms with E-state index in [1.807, 2.05) is 13.1 Å². The van der Waals surface area contributed by atoms with E-state index in [1.54, 1.807) is 13.0 Å². The summed E-state index contributed by atoms with van der Waals surface area (Å²) >= 11 is 0. The van der Waals surface area contributed by atoms with Crippen molar-refractivity contribution in [3.8, 4) is 0 Å². The van der Waals surface area contributed by atoms with Crippen LogP contribution in [-0.4, -0.2) is 17.6 Å². The number of rotatable bonds is 4. The molecule has 0 radical (unpaired) electrons. The highest BCUT2D eigenvalue weighted by Gasteiger charge is 2.16. The summed E-state index contributed by atoms with van der Waals surface area (Å²) in [5.41, 5.74) is 1.82. The van der Waals surface area contributed by atoms with E-state index < -0.39 is 0 Å². The van der Waals surface area contributed by atoms with Crippen LogP contribution < -0.4 is 0 Å². The second-order valence-corrected chi connectivity index (χ2v) is 4.34. The van der Waals surface area contributed by atoms with Gasteiger partial charge in [0.2, 0.25) is 0 Å². The second kappa shape index (κ2) is 5.21. The minimum Gasteiger partial charge on any atom is -0.466 e. The van der Waals surface area contributed by atoms with Crippen LogP contribution in [0.1, 0.15) is 31.7 Å². The van der Waals surface area contributed by atoms with Gasteiger partial charge in [-0.25, -0.2) is 4.39 Å². The van der Waals surface area contributed by atoms with Crippen LogP contribution >= 0.6 is 0 Å². The van der Waals surface area contributed by atoms with Gasteiger partial charge in [-0.1, -0.05) is 6.92 Å². The number of benzene rings is 1. The van der Waals surface area contributed by atoms with E-state index in [4.69, 9.17) is 4.74 Å². The Kier molecular flexibility index (Phi) is 3.65. The summed E-state index contributed by atoms with van der Waals surface area (Å²) in [6.45, 7) is 4.10. The maximum absolute atomic E-state index is 13.2. The molecular formula is C14H16FNO2. The summed E-state index contributed by atoms with van der Waals surface area (Å²) < 4.78 is 18.2. The zero-order chi connectivity index (χ0) is 13.1. The Bertz CT molecular complexity index is 562. The first-order valence-corrected chi connectivity index (χ1v) is 6.04. The van der Waals surface area contributed by atoms with E-state index >= 15 is 0 Å². The van der Waals surface area contributed by atoms with Crippen molar-refractivity contribution in [1.29, 1.82) is 0 Å². The summed E-state index contributed by atoms with van der Waals surface area (Å²) in [6, 6.07) is 4.60. The van der Waals surface area contributed by atoms with Gasteiger partial charge in [-0.15, -0.1) is 0 Å². The van der Waals surface area contributed by atoms with Crippen molar-refractivity contribution in [2.24, 2.45) is 0 Å². The number of aromatic amines is 1. The van der Waals surface area contributed by atoms with E-state index in [9.17, 15) is 9.18 Å². The average molecular weight is 249 g/mol. The molecule has 1 heterocycles. The summed E-state index contributed by atoms with van der Waals surface area (Å²) in [5, 5.41) is 0.826. The fourth-order valence-electron chi connectivity index (χ4n) is 2.10. The molecule has 0 saturated carbocycles. The number of fused-ring (bicyclic) bond motifs is 1. The molecule has 2 rings (SSSR count). The lowest BCUT2D eigenvalue weighted by Crippen LogP contribution is -2.08. The Balaban J connectivity index is 2.24. The van der Waals surface area contributed by atoms with Crippen LogP contribution in [0.2, 0.25) is 0 Å². The summed E-state index contributed by atoms with van der Waals surface area (Å²) in [7, 11) is 0. The molecule has 2 aromatic rings. The van der Waals surface area contributed by atoms with Gasteiger partial charge in [0.25, 0.3) is 0 Å². The van der Waals surface area contributed by atoms with Gasteiger partial charge < -0.3 is 9.72 Å². The molecule has 0 unspecified atom stereocenters. The first-order chi connectivity index (χ1) is 8.61. The Morgan fingerprint density at radius 2 is 2.28 bits per heavy atom. The van der Waals surface area contributed by atoms with E-state index in [-0.39, 0.29) is 17.7 Å². The van der Waals surface area contributed by atoms with Gasteiger partial charge in [-0.05, 0) is 36.6 Å². The Morgan fingerprint density at radius 3 is 3.00 bits per heavy atom. The third-order valence-electron chi connectivity index (χ3n) is 2.98. The number of aromatic nitrogens is 1. The Morgan fingerprint density at radius 1 is 1.50 bits per heavy atom. The minimum atomic E-state index is -0.272. The fourth-order valence-corrected chi connectivity index (χ4v) is 2.10. The number of esters is 1. The zero-order valence-corrected chi connectivity index (χ0v) is 10.5. The van der Waals surface area contributed by atoms with Crippen molar-refractivity contribution in [1.82, 2.24) is 4.98 Å². The lowest BCUT2D eigenvalue weighted by molar-refractivity contribution is -0.143. The summed E-state index contributed by atoms with van der Waals surface area (Å²) in [5.74, 6) is -0.498. The molecule has 1 N–H and O–H groups in total. The smallest absolute Gasteiger partial charge is 0.306 e. The van der Waals surface area contributed by atoms with Gasteiger partial charge in [0, 0.05) is 17.1 Å². The minimum absolute atomic E-state index is 0.000370. The van der Waals surface area contributed by atoms with Crippen molar-refractivity contribution in [2.75, 3.05) is 6.61 Å².